The van der Waals surface area contributed by atoms with Gasteiger partial charge in [0.25, 0.3) is 5.91 Å². The van der Waals surface area contributed by atoms with Crippen molar-refractivity contribution in [1.29, 1.82) is 0 Å². The fourth-order valence-corrected chi connectivity index (χ4v) is 4.71. The zero-order chi connectivity index (χ0) is 24.4. The van der Waals surface area contributed by atoms with Gasteiger partial charge in [-0.2, -0.15) is 0 Å². The van der Waals surface area contributed by atoms with Crippen molar-refractivity contribution in [3.8, 4) is 5.75 Å². The second-order valence-electron chi connectivity index (χ2n) is 8.92. The average Bonchev–Trinajstić information content (AvgIpc) is 3.33. The number of likely N-dealkylation sites (N-methyl/N-ethyl adjacent to an activating group) is 1. The molecule has 1 aliphatic rings. The van der Waals surface area contributed by atoms with Gasteiger partial charge < -0.3 is 20.7 Å². The summed E-state index contributed by atoms with van der Waals surface area (Å²) in [6.45, 7) is 2.20. The van der Waals surface area contributed by atoms with E-state index in [1.807, 2.05) is 24.4 Å². The Kier molecular flexibility index (Phi) is 6.24. The number of nitrogens with two attached hydrogens (primary N) is 1. The number of amides is 1. The molecule has 9 nitrogen and oxygen atoms in total. The summed E-state index contributed by atoms with van der Waals surface area (Å²) < 4.78 is 5.72. The molecule has 0 spiro atoms. The maximum absolute atomic E-state index is 11.9. The van der Waals surface area contributed by atoms with Crippen LogP contribution < -0.4 is 26.1 Å². The summed E-state index contributed by atoms with van der Waals surface area (Å²) in [5, 5.41) is 7.47. The van der Waals surface area contributed by atoms with Crippen molar-refractivity contribution in [1.82, 2.24) is 14.9 Å². The smallest absolute Gasteiger partial charge is 0.351 e. The number of aromatic nitrogens is 3. The number of carbonyl (C=O) groups is 1. The standard InChI is InChI=1S/C26H29N7O2/c1-33-13-5-6-17(15-33)16-9-10-21(22(14-16)35-2)30-26-31-24-19(11-12-28-24)25(32-26)29-20-8-4-3-7-18(20)23(27)34/h3-4,7-12,14,17H,5-6,13,15H2,1-2H3,(H2,27,34)(H3,28,29,30,31,32)/p+1. The van der Waals surface area contributed by atoms with Gasteiger partial charge in [0.1, 0.15) is 5.69 Å². The van der Waals surface area contributed by atoms with Crippen LogP contribution in [0.4, 0.5) is 23.1 Å². The molecule has 1 amide bonds. The molecule has 2 aromatic heterocycles. The normalized spacial score (nSPS) is 16.2. The fraction of sp³-hybridized carbons (Fsp3) is 0.269. The van der Waals surface area contributed by atoms with Gasteiger partial charge in [-0.15, -0.1) is 0 Å². The van der Waals surface area contributed by atoms with Gasteiger partial charge in [0.15, 0.2) is 5.75 Å². The van der Waals surface area contributed by atoms with Crippen LogP contribution in [0.3, 0.4) is 0 Å². The van der Waals surface area contributed by atoms with E-state index in [2.05, 4.69) is 44.7 Å². The van der Waals surface area contributed by atoms with Gasteiger partial charge in [-0.05, 0) is 68.2 Å². The van der Waals surface area contributed by atoms with E-state index in [0.717, 1.165) is 35.6 Å². The molecule has 1 unspecified atom stereocenters. The molecule has 4 aromatic rings. The maximum Gasteiger partial charge on any atom is 0.351 e. The minimum atomic E-state index is -0.506. The van der Waals surface area contributed by atoms with Crippen LogP contribution in [0.2, 0.25) is 0 Å². The molecule has 1 aliphatic heterocycles. The van der Waals surface area contributed by atoms with E-state index in [-0.39, 0.29) is 0 Å². The summed E-state index contributed by atoms with van der Waals surface area (Å²) in [6.07, 6.45) is 4.21. The third-order valence-corrected chi connectivity index (χ3v) is 6.49. The highest BCUT2D eigenvalue weighted by molar-refractivity contribution is 6.00. The molecule has 2 aromatic carbocycles. The lowest BCUT2D eigenvalue weighted by atomic mass is 9.90. The fourth-order valence-electron chi connectivity index (χ4n) is 4.71. The molecule has 0 radical (unpaired) electrons. The second kappa shape index (κ2) is 9.63. The lowest BCUT2D eigenvalue weighted by molar-refractivity contribution is -0.333. The third-order valence-electron chi connectivity index (χ3n) is 6.49. The van der Waals surface area contributed by atoms with Crippen LogP contribution in [-0.4, -0.2) is 48.0 Å². The quantitative estimate of drug-likeness (QED) is 0.325. The number of benzene rings is 2. The number of primary amides is 1. The zero-order valence-corrected chi connectivity index (χ0v) is 19.9. The molecule has 6 N–H and O–H groups in total. The summed E-state index contributed by atoms with van der Waals surface area (Å²) in [4.78, 5) is 25.5. The number of hydrogen-bond donors (Lipinski definition) is 4. The summed E-state index contributed by atoms with van der Waals surface area (Å²) >= 11 is 0. The number of nitrogens with one attached hydrogen (secondary N) is 4. The summed E-state index contributed by atoms with van der Waals surface area (Å²) in [6, 6.07) is 15.3. The van der Waals surface area contributed by atoms with Crippen LogP contribution in [0.1, 0.15) is 34.7 Å². The van der Waals surface area contributed by atoms with Crippen LogP contribution in [0.15, 0.2) is 54.7 Å². The van der Waals surface area contributed by atoms with Crippen molar-refractivity contribution in [3.63, 3.8) is 0 Å². The van der Waals surface area contributed by atoms with Crippen LogP contribution in [0.5, 0.6) is 5.75 Å². The predicted molar refractivity (Wildman–Crippen MR) is 137 cm³/mol. The Balaban J connectivity index is 1.46. The molecular formula is C26H30N7O2+. The van der Waals surface area contributed by atoms with Crippen molar-refractivity contribution >= 4 is 40.1 Å². The number of fused-ring (bicyclic) bond motifs is 1. The number of carbonyl (C=O) groups excluding carboxylic acids is 1. The molecule has 0 saturated carbocycles. The van der Waals surface area contributed by atoms with Crippen molar-refractivity contribution in [2.45, 2.75) is 18.8 Å². The van der Waals surface area contributed by atoms with Gasteiger partial charge in [0, 0.05) is 12.7 Å². The van der Waals surface area contributed by atoms with E-state index in [0.29, 0.717) is 28.9 Å². The number of nitrogens with zero attached hydrogens (tertiary/aromatic N) is 2. The van der Waals surface area contributed by atoms with E-state index in [4.69, 9.17) is 15.5 Å². The van der Waals surface area contributed by atoms with E-state index >= 15 is 0 Å². The number of ether oxygens (including phenoxy) is 1. The van der Waals surface area contributed by atoms with Crippen molar-refractivity contribution in [2.75, 3.05) is 37.9 Å². The van der Waals surface area contributed by atoms with E-state index in [1.165, 1.54) is 18.4 Å². The monoisotopic (exact) mass is 472 g/mol. The number of H-pyrrole nitrogens is 2. The van der Waals surface area contributed by atoms with E-state index in [1.54, 1.807) is 25.3 Å². The Morgan fingerprint density at radius 1 is 1.20 bits per heavy atom. The number of anilines is 4. The molecular weight excluding hydrogens is 442 g/mol. The lowest BCUT2D eigenvalue weighted by Gasteiger charge is -2.30. The summed E-state index contributed by atoms with van der Waals surface area (Å²) in [7, 11) is 3.85. The third kappa shape index (κ3) is 4.76. The van der Waals surface area contributed by atoms with Crippen molar-refractivity contribution < 1.29 is 14.5 Å². The van der Waals surface area contributed by atoms with Gasteiger partial charge in [-0.25, -0.2) is 4.98 Å². The minimum absolute atomic E-state index is 0.394. The molecule has 3 heterocycles. The van der Waals surface area contributed by atoms with Crippen LogP contribution >= 0.6 is 0 Å². The number of rotatable bonds is 7. The number of hydrogen-bond acceptors (Lipinski definition) is 6. The first-order valence-corrected chi connectivity index (χ1v) is 11.7. The van der Waals surface area contributed by atoms with Crippen LogP contribution in [0, 0.1) is 0 Å². The van der Waals surface area contributed by atoms with Crippen molar-refractivity contribution in [3.05, 3.63) is 65.9 Å². The van der Waals surface area contributed by atoms with Crippen molar-refractivity contribution in [2.24, 2.45) is 5.73 Å². The molecule has 0 bridgehead atoms. The number of para-hydroxylation sites is 1. The maximum atomic E-state index is 11.9. The Hall–Kier alpha value is -4.11. The van der Waals surface area contributed by atoms with Gasteiger partial charge >= 0.3 is 5.95 Å². The molecule has 5 rings (SSSR count). The Labute approximate surface area is 203 Å². The highest BCUT2D eigenvalue weighted by atomic mass is 16.5. The molecule has 1 atom stereocenters. The predicted octanol–water partition coefficient (Wildman–Crippen LogP) is 3.78. The largest absolute Gasteiger partial charge is 0.493 e. The lowest BCUT2D eigenvalue weighted by Crippen LogP contribution is -2.30. The number of piperidine rings is 1. The molecule has 9 heteroatoms. The summed E-state index contributed by atoms with van der Waals surface area (Å²) in [5.74, 6) is 1.84. The average molecular weight is 473 g/mol. The number of likely N-dealkylation sites (tertiary alicyclic amines) is 1. The first-order chi connectivity index (χ1) is 17.0. The zero-order valence-electron chi connectivity index (χ0n) is 19.9. The van der Waals surface area contributed by atoms with Crippen LogP contribution in [-0.2, 0) is 0 Å². The first-order valence-electron chi connectivity index (χ1n) is 11.7. The SMILES string of the molecule is COc1cc(C2CCCN(C)C2)ccc1Nc1nc(Nc2ccccc2C(N)=O)c2cc[nH]c2[nH+]1. The van der Waals surface area contributed by atoms with E-state index < -0.39 is 5.91 Å². The number of aromatic amines is 2. The van der Waals surface area contributed by atoms with Gasteiger partial charge in [-0.3, -0.25) is 15.1 Å². The highest BCUT2D eigenvalue weighted by Crippen LogP contribution is 2.34. The molecule has 180 valence electrons. The molecule has 1 saturated heterocycles. The highest BCUT2D eigenvalue weighted by Gasteiger charge is 2.22. The molecule has 35 heavy (non-hydrogen) atoms. The molecule has 1 fully saturated rings. The van der Waals surface area contributed by atoms with Gasteiger partial charge in [0.2, 0.25) is 11.5 Å². The Morgan fingerprint density at radius 2 is 2.06 bits per heavy atom. The minimum Gasteiger partial charge on any atom is -0.493 e. The molecule has 0 aliphatic carbocycles. The Bertz CT molecular complexity index is 1370. The summed E-state index contributed by atoms with van der Waals surface area (Å²) in [5.41, 5.74) is 9.40. The second-order valence-corrected chi connectivity index (χ2v) is 8.92. The van der Waals surface area contributed by atoms with Crippen LogP contribution in [0.25, 0.3) is 11.0 Å². The Morgan fingerprint density at radius 3 is 2.86 bits per heavy atom. The van der Waals surface area contributed by atoms with E-state index in [9.17, 15) is 4.79 Å². The number of methoxy groups -OCH3 is 1. The topological polar surface area (TPSA) is 122 Å². The van der Waals surface area contributed by atoms with Gasteiger partial charge in [0.05, 0.1) is 23.7 Å². The van der Waals surface area contributed by atoms with Gasteiger partial charge in [-0.1, -0.05) is 23.2 Å². The first kappa shape index (κ1) is 22.7.